The number of hydrogen-bond acceptors (Lipinski definition) is 3. The van der Waals surface area contributed by atoms with E-state index in [0.29, 0.717) is 41.6 Å². The number of carbonyl (C=O) groups is 2. The number of nitrogens with one attached hydrogen (secondary N) is 1. The van der Waals surface area contributed by atoms with Gasteiger partial charge in [0, 0.05) is 36.3 Å². The zero-order valence-electron chi connectivity index (χ0n) is 15.8. The summed E-state index contributed by atoms with van der Waals surface area (Å²) < 4.78 is 1.93. The third kappa shape index (κ3) is 3.24. The minimum absolute atomic E-state index is 0.0674. The highest BCUT2D eigenvalue weighted by Gasteiger charge is 2.29. The number of rotatable bonds is 4. The summed E-state index contributed by atoms with van der Waals surface area (Å²) in [6.45, 7) is 5.70. The van der Waals surface area contributed by atoms with Crippen molar-refractivity contribution in [2.75, 3.05) is 6.54 Å². The van der Waals surface area contributed by atoms with E-state index in [4.69, 9.17) is 11.6 Å². The van der Waals surface area contributed by atoms with Crippen LogP contribution in [0.1, 0.15) is 40.4 Å². The molecule has 0 bridgehead atoms. The summed E-state index contributed by atoms with van der Waals surface area (Å²) in [6.07, 6.45) is 0. The van der Waals surface area contributed by atoms with Gasteiger partial charge in [0.1, 0.15) is 0 Å². The first-order valence-corrected chi connectivity index (χ1v) is 9.66. The molecule has 1 N–H and O–H groups in total. The molecule has 7 heteroatoms. The number of amides is 2. The maximum Gasteiger partial charge on any atom is 0.290 e. The van der Waals surface area contributed by atoms with Crippen molar-refractivity contribution in [1.29, 1.82) is 0 Å². The number of aromatic nitrogens is 2. The lowest BCUT2D eigenvalue weighted by molar-refractivity contribution is 0.0643. The molecule has 0 aliphatic carbocycles. The molecule has 2 heterocycles. The molecule has 2 aromatic carbocycles. The topological polar surface area (TPSA) is 67.2 Å². The molecule has 0 unspecified atom stereocenters. The van der Waals surface area contributed by atoms with E-state index in [2.05, 4.69) is 10.3 Å². The number of halogens is 1. The van der Waals surface area contributed by atoms with E-state index >= 15 is 0 Å². The molecule has 0 radical (unpaired) electrons. The Morgan fingerprint density at radius 3 is 2.75 bits per heavy atom. The summed E-state index contributed by atoms with van der Waals surface area (Å²) in [5.41, 5.74) is 2.88. The van der Waals surface area contributed by atoms with E-state index in [1.165, 1.54) is 0 Å². The molecular weight excluding hydrogens is 376 g/mol. The van der Waals surface area contributed by atoms with Crippen LogP contribution < -0.4 is 5.32 Å². The van der Waals surface area contributed by atoms with Crippen molar-refractivity contribution in [3.63, 3.8) is 0 Å². The number of benzene rings is 2. The van der Waals surface area contributed by atoms with Crippen LogP contribution in [0.4, 0.5) is 0 Å². The first-order valence-electron chi connectivity index (χ1n) is 9.28. The van der Waals surface area contributed by atoms with Crippen LogP contribution in [-0.2, 0) is 13.1 Å². The summed E-state index contributed by atoms with van der Waals surface area (Å²) in [6, 6.07) is 12.9. The summed E-state index contributed by atoms with van der Waals surface area (Å²) in [5, 5.41) is 3.50. The predicted octanol–water partition coefficient (Wildman–Crippen LogP) is 3.48. The van der Waals surface area contributed by atoms with Crippen molar-refractivity contribution in [2.24, 2.45) is 0 Å². The van der Waals surface area contributed by atoms with Crippen molar-refractivity contribution in [2.45, 2.75) is 33.0 Å². The lowest BCUT2D eigenvalue weighted by Gasteiger charge is -2.30. The maximum absolute atomic E-state index is 12.7. The Balaban J connectivity index is 1.58. The van der Waals surface area contributed by atoms with Gasteiger partial charge in [-0.1, -0.05) is 29.8 Å². The van der Waals surface area contributed by atoms with E-state index in [1.54, 1.807) is 18.2 Å². The van der Waals surface area contributed by atoms with Gasteiger partial charge in [0.05, 0.1) is 11.0 Å². The standard InChI is InChI=1S/C21H21ClN4O2/c1-13(2)25-9-10-26-18-8-7-14(11-17(18)24-19(26)21(25)28)20(27)23-12-15-5-3-4-6-16(15)22/h3-8,11,13H,9-10,12H2,1-2H3,(H,23,27). The van der Waals surface area contributed by atoms with Crippen LogP contribution in [0.3, 0.4) is 0 Å². The van der Waals surface area contributed by atoms with Gasteiger partial charge in [0.25, 0.3) is 11.8 Å². The van der Waals surface area contributed by atoms with Gasteiger partial charge in [-0.15, -0.1) is 0 Å². The maximum atomic E-state index is 12.7. The Labute approximate surface area is 168 Å². The highest BCUT2D eigenvalue weighted by Crippen LogP contribution is 2.23. The second-order valence-corrected chi connectivity index (χ2v) is 7.56. The molecule has 0 atom stereocenters. The van der Waals surface area contributed by atoms with Crippen LogP contribution in [0.25, 0.3) is 11.0 Å². The molecule has 0 spiro atoms. The van der Waals surface area contributed by atoms with Crippen molar-refractivity contribution in [3.05, 3.63) is 64.4 Å². The fraction of sp³-hybridized carbons (Fsp3) is 0.286. The lowest BCUT2D eigenvalue weighted by Crippen LogP contribution is -2.44. The second kappa shape index (κ2) is 7.28. The molecular formula is C21H21ClN4O2. The van der Waals surface area contributed by atoms with Crippen LogP contribution in [-0.4, -0.2) is 38.9 Å². The van der Waals surface area contributed by atoms with Gasteiger partial charge in [-0.05, 0) is 43.7 Å². The third-order valence-corrected chi connectivity index (χ3v) is 5.42. The Kier molecular flexibility index (Phi) is 4.81. The predicted molar refractivity (Wildman–Crippen MR) is 109 cm³/mol. The van der Waals surface area contributed by atoms with Crippen molar-refractivity contribution < 1.29 is 9.59 Å². The lowest BCUT2D eigenvalue weighted by atomic mass is 10.1. The number of fused-ring (bicyclic) bond motifs is 3. The minimum atomic E-state index is -0.206. The summed E-state index contributed by atoms with van der Waals surface area (Å²) in [4.78, 5) is 31.6. The van der Waals surface area contributed by atoms with Gasteiger partial charge in [0.15, 0.2) is 5.82 Å². The molecule has 28 heavy (non-hydrogen) atoms. The van der Waals surface area contributed by atoms with Crippen LogP contribution >= 0.6 is 11.6 Å². The Bertz CT molecular complexity index is 1070. The van der Waals surface area contributed by atoms with E-state index in [9.17, 15) is 9.59 Å². The Morgan fingerprint density at radius 1 is 1.21 bits per heavy atom. The molecule has 6 nitrogen and oxygen atoms in total. The van der Waals surface area contributed by atoms with Gasteiger partial charge < -0.3 is 14.8 Å². The molecule has 1 aromatic heterocycles. The zero-order chi connectivity index (χ0) is 19.8. The van der Waals surface area contributed by atoms with E-state index < -0.39 is 0 Å². The first-order chi connectivity index (χ1) is 13.5. The molecule has 0 saturated carbocycles. The van der Waals surface area contributed by atoms with E-state index in [-0.39, 0.29) is 17.9 Å². The minimum Gasteiger partial charge on any atom is -0.348 e. The molecule has 1 aliphatic rings. The van der Waals surface area contributed by atoms with Crippen LogP contribution in [0.2, 0.25) is 5.02 Å². The van der Waals surface area contributed by atoms with Crippen LogP contribution in [0.15, 0.2) is 42.5 Å². The molecule has 4 rings (SSSR count). The molecule has 3 aromatic rings. The van der Waals surface area contributed by atoms with Gasteiger partial charge in [-0.2, -0.15) is 0 Å². The summed E-state index contributed by atoms with van der Waals surface area (Å²) in [7, 11) is 0. The average Bonchev–Trinajstić information content (AvgIpc) is 3.06. The molecule has 144 valence electrons. The Morgan fingerprint density at radius 2 is 2.00 bits per heavy atom. The van der Waals surface area contributed by atoms with Crippen molar-refractivity contribution >= 4 is 34.4 Å². The fourth-order valence-corrected chi connectivity index (χ4v) is 3.71. The first kappa shape index (κ1) is 18.5. The van der Waals surface area contributed by atoms with Gasteiger partial charge >= 0.3 is 0 Å². The number of hydrogen-bond donors (Lipinski definition) is 1. The highest BCUT2D eigenvalue weighted by atomic mass is 35.5. The monoisotopic (exact) mass is 396 g/mol. The Hall–Kier alpha value is -2.86. The normalized spacial score (nSPS) is 13.9. The number of nitrogens with zero attached hydrogens (tertiary/aromatic N) is 3. The van der Waals surface area contributed by atoms with E-state index in [1.807, 2.05) is 47.6 Å². The molecule has 1 aliphatic heterocycles. The number of imidazole rings is 1. The largest absolute Gasteiger partial charge is 0.348 e. The summed E-state index contributed by atoms with van der Waals surface area (Å²) in [5.74, 6) is 0.161. The molecule has 2 amide bonds. The quantitative estimate of drug-likeness (QED) is 0.734. The van der Waals surface area contributed by atoms with Crippen molar-refractivity contribution in [1.82, 2.24) is 19.8 Å². The third-order valence-electron chi connectivity index (χ3n) is 5.05. The van der Waals surface area contributed by atoms with E-state index in [0.717, 1.165) is 11.1 Å². The van der Waals surface area contributed by atoms with Crippen LogP contribution in [0.5, 0.6) is 0 Å². The number of carbonyl (C=O) groups excluding carboxylic acids is 2. The molecule has 0 fully saturated rings. The fourth-order valence-electron chi connectivity index (χ4n) is 3.51. The van der Waals surface area contributed by atoms with Gasteiger partial charge in [-0.25, -0.2) is 4.98 Å². The SMILES string of the molecule is CC(C)N1CCn2c(nc3cc(C(=O)NCc4ccccc4Cl)ccc32)C1=O. The summed E-state index contributed by atoms with van der Waals surface area (Å²) >= 11 is 6.14. The zero-order valence-corrected chi connectivity index (χ0v) is 16.5. The van der Waals surface area contributed by atoms with Crippen molar-refractivity contribution in [3.8, 4) is 0 Å². The molecule has 0 saturated heterocycles. The van der Waals surface area contributed by atoms with Crippen LogP contribution in [0, 0.1) is 0 Å². The smallest absolute Gasteiger partial charge is 0.290 e. The van der Waals surface area contributed by atoms with Gasteiger partial charge in [0.2, 0.25) is 0 Å². The highest BCUT2D eigenvalue weighted by molar-refractivity contribution is 6.31. The average molecular weight is 397 g/mol. The van der Waals surface area contributed by atoms with Gasteiger partial charge in [-0.3, -0.25) is 9.59 Å². The second-order valence-electron chi connectivity index (χ2n) is 7.16.